The van der Waals surface area contributed by atoms with Gasteiger partial charge in [-0.25, -0.2) is 0 Å². The molecule has 0 fully saturated rings. The number of carbonyl (C=O) groups excluding carboxylic acids is 1. The smallest absolute Gasteiger partial charge is 0.293 e. The van der Waals surface area contributed by atoms with Gasteiger partial charge < -0.3 is 4.52 Å². The molecular formula is C9H14N2O2S. The second-order valence-electron chi connectivity index (χ2n) is 3.10. The van der Waals surface area contributed by atoms with Gasteiger partial charge in [0.05, 0.1) is 5.75 Å². The molecule has 0 saturated heterocycles. The number of rotatable bonds is 5. The van der Waals surface area contributed by atoms with Gasteiger partial charge in [0.25, 0.3) is 5.89 Å². The minimum atomic E-state index is -0.183. The molecule has 14 heavy (non-hydrogen) atoms. The molecule has 1 aromatic rings. The summed E-state index contributed by atoms with van der Waals surface area (Å²) < 4.78 is 4.77. The number of aromatic nitrogens is 2. The molecule has 5 heteroatoms. The molecule has 0 amide bonds. The van der Waals surface area contributed by atoms with Gasteiger partial charge in [0, 0.05) is 12.2 Å². The zero-order chi connectivity index (χ0) is 10.6. The normalized spacial score (nSPS) is 12.8. The fraction of sp³-hybridized carbons (Fsp3) is 0.667. The third-order valence-corrected chi connectivity index (χ3v) is 3.17. The average molecular weight is 214 g/mol. The van der Waals surface area contributed by atoms with Gasteiger partial charge in [-0.15, -0.1) is 0 Å². The Labute approximate surface area is 87.5 Å². The van der Waals surface area contributed by atoms with E-state index in [0.717, 1.165) is 6.42 Å². The van der Waals surface area contributed by atoms with Crippen LogP contribution in [0.25, 0.3) is 0 Å². The second kappa shape index (κ2) is 5.14. The quantitative estimate of drug-likeness (QED) is 0.704. The van der Waals surface area contributed by atoms with Crippen LogP contribution in [-0.4, -0.2) is 21.2 Å². The van der Waals surface area contributed by atoms with E-state index < -0.39 is 0 Å². The lowest BCUT2D eigenvalue weighted by Crippen LogP contribution is -1.96. The van der Waals surface area contributed by atoms with Crippen LogP contribution in [0.15, 0.2) is 4.52 Å². The number of hydrogen-bond acceptors (Lipinski definition) is 5. The van der Waals surface area contributed by atoms with Gasteiger partial charge in [-0.3, -0.25) is 4.79 Å². The van der Waals surface area contributed by atoms with E-state index in [9.17, 15) is 4.79 Å². The molecule has 4 nitrogen and oxygen atoms in total. The van der Waals surface area contributed by atoms with E-state index in [-0.39, 0.29) is 11.7 Å². The first-order chi connectivity index (χ1) is 6.63. The third kappa shape index (κ3) is 3.14. The van der Waals surface area contributed by atoms with E-state index >= 15 is 0 Å². The topological polar surface area (TPSA) is 56.0 Å². The monoisotopic (exact) mass is 214 g/mol. The molecule has 1 unspecified atom stereocenters. The summed E-state index contributed by atoms with van der Waals surface area (Å²) in [6, 6.07) is 0. The van der Waals surface area contributed by atoms with Crippen LogP contribution < -0.4 is 0 Å². The van der Waals surface area contributed by atoms with Gasteiger partial charge in [0.2, 0.25) is 5.78 Å². The molecule has 1 rings (SSSR count). The van der Waals surface area contributed by atoms with E-state index in [1.165, 1.54) is 6.92 Å². The lowest BCUT2D eigenvalue weighted by Gasteiger charge is -2.04. The number of carbonyl (C=O) groups is 1. The Kier molecular flexibility index (Phi) is 4.13. The van der Waals surface area contributed by atoms with Crippen LogP contribution >= 0.6 is 11.8 Å². The van der Waals surface area contributed by atoms with E-state index in [1.807, 2.05) is 0 Å². The third-order valence-electron chi connectivity index (χ3n) is 1.84. The Morgan fingerprint density at radius 3 is 2.86 bits per heavy atom. The minimum absolute atomic E-state index is 0.102. The summed E-state index contributed by atoms with van der Waals surface area (Å²) in [7, 11) is 0. The van der Waals surface area contributed by atoms with Crippen molar-refractivity contribution in [2.45, 2.75) is 38.2 Å². The van der Waals surface area contributed by atoms with Crippen LogP contribution in [-0.2, 0) is 5.75 Å². The zero-order valence-electron chi connectivity index (χ0n) is 8.61. The Morgan fingerprint density at radius 1 is 1.64 bits per heavy atom. The summed E-state index contributed by atoms with van der Waals surface area (Å²) in [5.74, 6) is 1.22. The van der Waals surface area contributed by atoms with E-state index in [2.05, 4.69) is 24.0 Å². The van der Waals surface area contributed by atoms with Gasteiger partial charge in [-0.05, 0) is 6.42 Å². The molecule has 0 saturated carbocycles. The maximum Gasteiger partial charge on any atom is 0.293 e. The van der Waals surface area contributed by atoms with Crippen molar-refractivity contribution in [1.82, 2.24) is 10.1 Å². The maximum atomic E-state index is 10.8. The summed E-state index contributed by atoms with van der Waals surface area (Å²) >= 11 is 1.76. The molecule has 0 radical (unpaired) electrons. The molecule has 78 valence electrons. The molecule has 1 aromatic heterocycles. The summed E-state index contributed by atoms with van der Waals surface area (Å²) in [6.45, 7) is 5.70. The number of thioether (sulfide) groups is 1. The summed E-state index contributed by atoms with van der Waals surface area (Å²) in [5, 5.41) is 4.29. The zero-order valence-corrected chi connectivity index (χ0v) is 9.43. The summed E-state index contributed by atoms with van der Waals surface area (Å²) in [5.41, 5.74) is 0. The van der Waals surface area contributed by atoms with Crippen molar-refractivity contribution in [3.05, 3.63) is 11.7 Å². The SMILES string of the molecule is CCC(C)SCc1noc(C(C)=O)n1. The molecule has 0 aliphatic heterocycles. The second-order valence-corrected chi connectivity index (χ2v) is 4.53. The Morgan fingerprint density at radius 2 is 2.36 bits per heavy atom. The lowest BCUT2D eigenvalue weighted by atomic mass is 10.4. The first-order valence-corrected chi connectivity index (χ1v) is 5.63. The molecule has 1 heterocycles. The highest BCUT2D eigenvalue weighted by Gasteiger charge is 2.10. The average Bonchev–Trinajstić information content (AvgIpc) is 2.62. The van der Waals surface area contributed by atoms with Gasteiger partial charge in [0.1, 0.15) is 0 Å². The van der Waals surface area contributed by atoms with Crippen LogP contribution in [0, 0.1) is 0 Å². The van der Waals surface area contributed by atoms with Crippen LogP contribution in [0.3, 0.4) is 0 Å². The molecule has 0 aromatic carbocycles. The largest absolute Gasteiger partial charge is 0.331 e. The van der Waals surface area contributed by atoms with Crippen molar-refractivity contribution in [3.8, 4) is 0 Å². The van der Waals surface area contributed by atoms with Crippen molar-refractivity contribution < 1.29 is 9.32 Å². The van der Waals surface area contributed by atoms with Crippen molar-refractivity contribution in [3.63, 3.8) is 0 Å². The Bertz CT molecular complexity index is 312. The highest BCUT2D eigenvalue weighted by molar-refractivity contribution is 7.99. The van der Waals surface area contributed by atoms with Gasteiger partial charge >= 0.3 is 0 Å². The molecule has 1 atom stereocenters. The fourth-order valence-corrected chi connectivity index (χ4v) is 1.58. The number of nitrogens with zero attached hydrogens (tertiary/aromatic N) is 2. The predicted molar refractivity (Wildman–Crippen MR) is 55.4 cm³/mol. The van der Waals surface area contributed by atoms with E-state index in [0.29, 0.717) is 16.8 Å². The maximum absolute atomic E-state index is 10.8. The lowest BCUT2D eigenvalue weighted by molar-refractivity contribution is 0.0972. The van der Waals surface area contributed by atoms with Crippen LogP contribution in [0.2, 0.25) is 0 Å². The predicted octanol–water partition coefficient (Wildman–Crippen LogP) is 2.30. The first kappa shape index (κ1) is 11.2. The van der Waals surface area contributed by atoms with E-state index in [1.54, 1.807) is 11.8 Å². The molecule has 0 spiro atoms. The Balaban J connectivity index is 2.48. The molecule has 0 aliphatic rings. The van der Waals surface area contributed by atoms with Crippen molar-refractivity contribution in [2.75, 3.05) is 0 Å². The minimum Gasteiger partial charge on any atom is -0.331 e. The van der Waals surface area contributed by atoms with Crippen LogP contribution in [0.1, 0.15) is 43.7 Å². The number of ketones is 1. The first-order valence-electron chi connectivity index (χ1n) is 4.58. The summed E-state index contributed by atoms with van der Waals surface area (Å²) in [6.07, 6.45) is 1.11. The van der Waals surface area contributed by atoms with Crippen LogP contribution in [0.5, 0.6) is 0 Å². The van der Waals surface area contributed by atoms with Crippen molar-refractivity contribution in [1.29, 1.82) is 0 Å². The molecule has 0 aliphatic carbocycles. The van der Waals surface area contributed by atoms with Gasteiger partial charge in [0.15, 0.2) is 5.82 Å². The van der Waals surface area contributed by atoms with E-state index in [4.69, 9.17) is 4.52 Å². The van der Waals surface area contributed by atoms with Gasteiger partial charge in [-0.2, -0.15) is 16.7 Å². The summed E-state index contributed by atoms with van der Waals surface area (Å²) in [4.78, 5) is 14.8. The van der Waals surface area contributed by atoms with Crippen molar-refractivity contribution >= 4 is 17.5 Å². The highest BCUT2D eigenvalue weighted by atomic mass is 32.2. The van der Waals surface area contributed by atoms with Crippen LogP contribution in [0.4, 0.5) is 0 Å². The molecular weight excluding hydrogens is 200 g/mol. The number of hydrogen-bond donors (Lipinski definition) is 0. The van der Waals surface area contributed by atoms with Gasteiger partial charge in [-0.1, -0.05) is 19.0 Å². The molecule has 0 bridgehead atoms. The molecule has 0 N–H and O–H groups in total. The Hall–Kier alpha value is -0.840. The highest BCUT2D eigenvalue weighted by Crippen LogP contribution is 2.17. The number of Topliss-reactive ketones (excluding diaryl/α,β-unsaturated/α-hetero) is 1. The standard InChI is InChI=1S/C9H14N2O2S/c1-4-6(2)14-5-8-10-9(7(3)12)13-11-8/h6H,4-5H2,1-3H3. The fourth-order valence-electron chi connectivity index (χ4n) is 0.790. The van der Waals surface area contributed by atoms with Crippen molar-refractivity contribution in [2.24, 2.45) is 0 Å².